The van der Waals surface area contributed by atoms with Gasteiger partial charge in [-0.05, 0) is 78.6 Å². The number of ether oxygens (including phenoxy) is 1. The molecule has 2 heterocycles. The average molecular weight is 536 g/mol. The van der Waals surface area contributed by atoms with Gasteiger partial charge in [0.05, 0.1) is 35.1 Å². The minimum absolute atomic E-state index is 0.0218. The number of methoxy groups -OCH3 is 1. The average Bonchev–Trinajstić information content (AvgIpc) is 3.28. The van der Waals surface area contributed by atoms with Crippen LogP contribution in [0.3, 0.4) is 0 Å². The minimum atomic E-state index is -4.60. The van der Waals surface area contributed by atoms with Crippen LogP contribution in [0, 0.1) is 11.2 Å². The van der Waals surface area contributed by atoms with Crippen LogP contribution in [0.4, 0.5) is 17.6 Å². The lowest BCUT2D eigenvalue weighted by Crippen LogP contribution is -2.53. The zero-order chi connectivity index (χ0) is 26.6. The number of hydrogen-bond donors (Lipinski definition) is 0. The number of carbonyl (C=O) groups excluding carboxylic acids is 1. The van der Waals surface area contributed by atoms with E-state index in [1.165, 1.54) is 19.2 Å². The predicted octanol–water partition coefficient (Wildman–Crippen LogP) is 4.22. The van der Waals surface area contributed by atoms with E-state index < -0.39 is 39.0 Å². The first kappa shape index (κ1) is 25.2. The second-order valence-electron chi connectivity index (χ2n) is 8.97. The van der Waals surface area contributed by atoms with Crippen LogP contribution in [0.5, 0.6) is 0 Å². The van der Waals surface area contributed by atoms with Gasteiger partial charge in [0.1, 0.15) is 11.2 Å². The summed E-state index contributed by atoms with van der Waals surface area (Å²) in [5.41, 5.74) is 0.365. The zero-order valence-electron chi connectivity index (χ0n) is 19.5. The molecule has 0 unspecified atom stereocenters. The van der Waals surface area contributed by atoms with E-state index in [-0.39, 0.29) is 30.8 Å². The third-order valence-electron chi connectivity index (χ3n) is 6.85. The quantitative estimate of drug-likeness (QED) is 0.369. The molecule has 0 spiro atoms. The molecule has 3 aromatic rings. The Labute approximate surface area is 210 Å². The summed E-state index contributed by atoms with van der Waals surface area (Å²) < 4.78 is 86.8. The van der Waals surface area contributed by atoms with Crippen molar-refractivity contribution in [2.24, 2.45) is 5.41 Å². The number of rotatable bonds is 4. The zero-order valence-corrected chi connectivity index (χ0v) is 20.3. The Morgan fingerprint density at radius 2 is 1.76 bits per heavy atom. The van der Waals surface area contributed by atoms with E-state index in [2.05, 4.69) is 5.10 Å². The molecule has 0 bridgehead atoms. The Morgan fingerprint density at radius 1 is 1.08 bits per heavy atom. The molecule has 2 aliphatic rings. The Hall–Kier alpha value is -3.51. The number of carbonyl (C=O) groups is 1. The highest BCUT2D eigenvalue weighted by Crippen LogP contribution is 2.46. The molecule has 1 aromatic heterocycles. The fourth-order valence-electron chi connectivity index (χ4n) is 4.94. The van der Waals surface area contributed by atoms with Gasteiger partial charge >= 0.3 is 12.1 Å². The largest absolute Gasteiger partial charge is 0.468 e. The molecule has 7 nitrogen and oxygen atoms in total. The maximum Gasteiger partial charge on any atom is 0.416 e. The molecular formula is C25H21F4N3O4S. The SMILES string of the molecule is COC(=O)[C@]12Cc3cnn(-c4ccc(F)cc4)c3C=C1CCN(S(=O)(=O)c1ccc(C(F)(F)F)cc1)C2. The topological polar surface area (TPSA) is 81.5 Å². The number of benzene rings is 2. The van der Waals surface area contributed by atoms with Crippen molar-refractivity contribution < 1.29 is 35.5 Å². The van der Waals surface area contributed by atoms with E-state index >= 15 is 0 Å². The standard InChI is InChI=1S/C25H21F4N3O4S/c1-36-23(33)24-13-16-14-30-32(20-6-4-19(26)5-7-20)22(16)12-18(24)10-11-31(15-24)37(34,35)21-8-2-17(3-9-21)25(27,28)29/h2-9,12,14H,10-11,13,15H2,1H3/t24-/m0/s1. The van der Waals surface area contributed by atoms with Gasteiger partial charge in [-0.2, -0.15) is 22.6 Å². The Balaban J connectivity index is 1.50. The van der Waals surface area contributed by atoms with E-state index in [1.54, 1.807) is 29.1 Å². The van der Waals surface area contributed by atoms with Crippen LogP contribution < -0.4 is 0 Å². The summed E-state index contributed by atoms with van der Waals surface area (Å²) >= 11 is 0. The normalized spacial score (nSPS) is 20.1. The summed E-state index contributed by atoms with van der Waals surface area (Å²) in [4.78, 5) is 12.8. The second kappa shape index (κ2) is 8.80. The number of halogens is 4. The van der Waals surface area contributed by atoms with E-state index in [0.29, 0.717) is 22.5 Å². The monoisotopic (exact) mass is 535 g/mol. The number of piperidine rings is 1. The van der Waals surface area contributed by atoms with Crippen molar-refractivity contribution in [3.63, 3.8) is 0 Å². The Morgan fingerprint density at radius 3 is 2.38 bits per heavy atom. The number of alkyl halides is 3. The Bertz CT molecular complexity index is 1500. The van der Waals surface area contributed by atoms with Gasteiger partial charge in [-0.3, -0.25) is 4.79 Å². The highest BCUT2D eigenvalue weighted by atomic mass is 32.2. The lowest BCUT2D eigenvalue weighted by molar-refractivity contribution is -0.151. The van der Waals surface area contributed by atoms with Crippen molar-refractivity contribution in [3.8, 4) is 5.69 Å². The summed E-state index contributed by atoms with van der Waals surface area (Å²) in [5, 5.41) is 4.39. The van der Waals surface area contributed by atoms with Crippen LogP contribution in [0.1, 0.15) is 23.2 Å². The van der Waals surface area contributed by atoms with Gasteiger partial charge in [0, 0.05) is 13.1 Å². The second-order valence-corrected chi connectivity index (χ2v) is 10.9. The van der Waals surface area contributed by atoms with Crippen LogP contribution in [-0.2, 0) is 32.2 Å². The number of sulfonamides is 1. The molecule has 1 aliphatic carbocycles. The number of nitrogens with zero attached hydrogens (tertiary/aromatic N) is 3. The van der Waals surface area contributed by atoms with Crippen molar-refractivity contribution in [3.05, 3.63) is 82.9 Å². The molecule has 1 aliphatic heterocycles. The van der Waals surface area contributed by atoms with Crippen LogP contribution in [0.2, 0.25) is 0 Å². The maximum absolute atomic E-state index is 13.4. The summed E-state index contributed by atoms with van der Waals surface area (Å²) in [6, 6.07) is 9.03. The number of fused-ring (bicyclic) bond motifs is 2. The third kappa shape index (κ3) is 4.23. The molecule has 5 rings (SSSR count). The van der Waals surface area contributed by atoms with Crippen LogP contribution in [0.15, 0.2) is 65.2 Å². The molecule has 0 saturated carbocycles. The molecule has 0 amide bonds. The molecule has 1 saturated heterocycles. The van der Waals surface area contributed by atoms with Crippen molar-refractivity contribution >= 4 is 22.1 Å². The summed E-state index contributed by atoms with van der Waals surface area (Å²) in [6.07, 6.45) is -0.932. The maximum atomic E-state index is 13.4. The smallest absolute Gasteiger partial charge is 0.416 e. The summed E-state index contributed by atoms with van der Waals surface area (Å²) in [6.45, 7) is -0.218. The van der Waals surface area contributed by atoms with Crippen LogP contribution >= 0.6 is 0 Å². The van der Waals surface area contributed by atoms with Crippen molar-refractivity contribution in [2.75, 3.05) is 20.2 Å². The molecule has 0 radical (unpaired) electrons. The Kier molecular flexibility index (Phi) is 5.99. The number of hydrogen-bond acceptors (Lipinski definition) is 5. The first-order valence-electron chi connectivity index (χ1n) is 11.3. The van der Waals surface area contributed by atoms with Crippen LogP contribution in [-0.4, -0.2) is 48.7 Å². The van der Waals surface area contributed by atoms with E-state index in [0.717, 1.165) is 28.6 Å². The first-order valence-corrected chi connectivity index (χ1v) is 12.7. The summed E-state index contributed by atoms with van der Waals surface area (Å²) in [7, 11) is -2.98. The fourth-order valence-corrected chi connectivity index (χ4v) is 6.44. The molecule has 194 valence electrons. The minimum Gasteiger partial charge on any atom is -0.468 e. The molecule has 0 N–H and O–H groups in total. The van der Waals surface area contributed by atoms with Crippen LogP contribution in [0.25, 0.3) is 11.8 Å². The van der Waals surface area contributed by atoms with Gasteiger partial charge in [0.2, 0.25) is 10.0 Å². The van der Waals surface area contributed by atoms with E-state index in [9.17, 15) is 30.8 Å². The molecule has 12 heteroatoms. The van der Waals surface area contributed by atoms with E-state index in [1.807, 2.05) is 0 Å². The van der Waals surface area contributed by atoms with Gasteiger partial charge < -0.3 is 4.74 Å². The third-order valence-corrected chi connectivity index (χ3v) is 8.71. The molecule has 1 atom stereocenters. The van der Waals surface area contributed by atoms with Crippen molar-refractivity contribution in [1.29, 1.82) is 0 Å². The van der Waals surface area contributed by atoms with Crippen molar-refractivity contribution in [2.45, 2.75) is 23.9 Å². The lowest BCUT2D eigenvalue weighted by Gasteiger charge is -2.43. The van der Waals surface area contributed by atoms with Crippen molar-refractivity contribution in [1.82, 2.24) is 14.1 Å². The fraction of sp³-hybridized carbons (Fsp3) is 0.280. The highest BCUT2D eigenvalue weighted by molar-refractivity contribution is 7.89. The predicted molar refractivity (Wildman–Crippen MR) is 124 cm³/mol. The first-order chi connectivity index (χ1) is 17.5. The molecule has 37 heavy (non-hydrogen) atoms. The molecule has 1 fully saturated rings. The van der Waals surface area contributed by atoms with Gasteiger partial charge in [-0.25, -0.2) is 17.5 Å². The van der Waals surface area contributed by atoms with Gasteiger partial charge in [-0.1, -0.05) is 0 Å². The van der Waals surface area contributed by atoms with Gasteiger partial charge in [0.15, 0.2) is 0 Å². The molecular weight excluding hydrogens is 514 g/mol. The van der Waals surface area contributed by atoms with Gasteiger partial charge in [0.25, 0.3) is 0 Å². The number of esters is 1. The van der Waals surface area contributed by atoms with E-state index in [4.69, 9.17) is 4.74 Å². The molecule has 2 aromatic carbocycles. The summed E-state index contributed by atoms with van der Waals surface area (Å²) in [5.74, 6) is -1.01. The number of aromatic nitrogens is 2. The van der Waals surface area contributed by atoms with Gasteiger partial charge in [-0.15, -0.1) is 0 Å². The lowest BCUT2D eigenvalue weighted by atomic mass is 9.69. The highest BCUT2D eigenvalue weighted by Gasteiger charge is 2.51.